The van der Waals surface area contributed by atoms with Gasteiger partial charge in [0.05, 0.1) is 0 Å². The lowest BCUT2D eigenvalue weighted by atomic mass is 10.1. The lowest BCUT2D eigenvalue weighted by Crippen LogP contribution is -2.25. The molecule has 1 aromatic rings. The van der Waals surface area contributed by atoms with Crippen LogP contribution in [0.15, 0.2) is 36.9 Å². The molecule has 0 heterocycles. The van der Waals surface area contributed by atoms with Crippen molar-refractivity contribution in [3.8, 4) is 0 Å². The number of rotatable bonds is 6. The van der Waals surface area contributed by atoms with Crippen LogP contribution in [-0.4, -0.2) is 6.04 Å². The van der Waals surface area contributed by atoms with Crippen molar-refractivity contribution in [3.63, 3.8) is 0 Å². The molecule has 2 heteroatoms. The van der Waals surface area contributed by atoms with Gasteiger partial charge in [-0.25, -0.2) is 4.39 Å². The summed E-state index contributed by atoms with van der Waals surface area (Å²) in [6.07, 6.45) is 4.04. The quantitative estimate of drug-likeness (QED) is 0.706. The van der Waals surface area contributed by atoms with Crippen molar-refractivity contribution >= 4 is 0 Å². The molecule has 0 spiro atoms. The molecule has 1 nitrogen and oxygen atoms in total. The number of allylic oxidation sites excluding steroid dienone is 1. The third-order valence-electron chi connectivity index (χ3n) is 2.37. The molecule has 1 aromatic carbocycles. The molecule has 0 aliphatic heterocycles. The second kappa shape index (κ2) is 6.36. The highest BCUT2D eigenvalue weighted by Gasteiger charge is 2.00. The fourth-order valence-corrected chi connectivity index (χ4v) is 1.36. The normalized spacial score (nSPS) is 12.4. The molecular formula is C13H18FN. The third kappa shape index (κ3) is 4.75. The Hall–Kier alpha value is -1.15. The Morgan fingerprint density at radius 2 is 2.07 bits per heavy atom. The summed E-state index contributed by atoms with van der Waals surface area (Å²) in [7, 11) is 0. The summed E-state index contributed by atoms with van der Waals surface area (Å²) in [5.74, 6) is -0.182. The molecule has 15 heavy (non-hydrogen) atoms. The number of benzene rings is 1. The zero-order chi connectivity index (χ0) is 11.1. The van der Waals surface area contributed by atoms with Crippen molar-refractivity contribution in [1.82, 2.24) is 5.32 Å². The molecule has 82 valence electrons. The molecule has 1 rings (SSSR count). The van der Waals surface area contributed by atoms with Crippen molar-refractivity contribution < 1.29 is 4.39 Å². The van der Waals surface area contributed by atoms with E-state index in [4.69, 9.17) is 0 Å². The molecule has 0 radical (unpaired) electrons. The minimum Gasteiger partial charge on any atom is -0.310 e. The molecule has 0 aliphatic carbocycles. The van der Waals surface area contributed by atoms with E-state index >= 15 is 0 Å². The predicted octanol–water partition coefficient (Wildman–Crippen LogP) is 3.27. The fourth-order valence-electron chi connectivity index (χ4n) is 1.36. The Morgan fingerprint density at radius 3 is 2.67 bits per heavy atom. The maximum Gasteiger partial charge on any atom is 0.123 e. The van der Waals surface area contributed by atoms with E-state index in [0.717, 1.165) is 24.9 Å². The van der Waals surface area contributed by atoms with Crippen LogP contribution in [0.4, 0.5) is 4.39 Å². The Balaban J connectivity index is 2.30. The van der Waals surface area contributed by atoms with Gasteiger partial charge in [-0.1, -0.05) is 18.2 Å². The van der Waals surface area contributed by atoms with Crippen LogP contribution < -0.4 is 5.32 Å². The first-order valence-electron chi connectivity index (χ1n) is 5.31. The average molecular weight is 207 g/mol. The van der Waals surface area contributed by atoms with Gasteiger partial charge in [0.2, 0.25) is 0 Å². The smallest absolute Gasteiger partial charge is 0.123 e. The van der Waals surface area contributed by atoms with E-state index < -0.39 is 0 Å². The summed E-state index contributed by atoms with van der Waals surface area (Å²) >= 11 is 0. The minimum absolute atomic E-state index is 0.182. The standard InChI is InChI=1S/C13H18FN/c1-3-4-5-11(2)15-10-12-6-8-13(14)9-7-12/h3,6-9,11,15H,1,4-5,10H2,2H3. The van der Waals surface area contributed by atoms with Crippen molar-refractivity contribution in [2.75, 3.05) is 0 Å². The van der Waals surface area contributed by atoms with Crippen LogP contribution in [0.5, 0.6) is 0 Å². The van der Waals surface area contributed by atoms with Gasteiger partial charge in [-0.3, -0.25) is 0 Å². The molecule has 0 aliphatic rings. The van der Waals surface area contributed by atoms with Crippen LogP contribution in [-0.2, 0) is 6.54 Å². The average Bonchev–Trinajstić information content (AvgIpc) is 2.25. The molecular weight excluding hydrogens is 189 g/mol. The molecule has 0 saturated heterocycles. The summed E-state index contributed by atoms with van der Waals surface area (Å²) in [6.45, 7) is 6.63. The zero-order valence-electron chi connectivity index (χ0n) is 9.17. The predicted molar refractivity (Wildman–Crippen MR) is 62.1 cm³/mol. The molecule has 0 saturated carbocycles. The van der Waals surface area contributed by atoms with Gasteiger partial charge in [0.1, 0.15) is 5.82 Å². The van der Waals surface area contributed by atoms with Gasteiger partial charge < -0.3 is 5.32 Å². The molecule has 0 fully saturated rings. The highest BCUT2D eigenvalue weighted by molar-refractivity contribution is 5.15. The van der Waals surface area contributed by atoms with Crippen molar-refractivity contribution in [1.29, 1.82) is 0 Å². The molecule has 0 bridgehead atoms. The van der Waals surface area contributed by atoms with Gasteiger partial charge in [0.25, 0.3) is 0 Å². The topological polar surface area (TPSA) is 12.0 Å². The van der Waals surface area contributed by atoms with Gasteiger partial charge in [0.15, 0.2) is 0 Å². The van der Waals surface area contributed by atoms with Gasteiger partial charge in [-0.15, -0.1) is 6.58 Å². The maximum atomic E-state index is 12.6. The van der Waals surface area contributed by atoms with E-state index in [1.807, 2.05) is 18.2 Å². The summed E-state index contributed by atoms with van der Waals surface area (Å²) in [5, 5.41) is 3.38. The van der Waals surface area contributed by atoms with Crippen LogP contribution in [0.2, 0.25) is 0 Å². The first-order valence-corrected chi connectivity index (χ1v) is 5.31. The summed E-state index contributed by atoms with van der Waals surface area (Å²) < 4.78 is 12.6. The van der Waals surface area contributed by atoms with Crippen LogP contribution in [0, 0.1) is 5.82 Å². The van der Waals surface area contributed by atoms with Crippen LogP contribution in [0.1, 0.15) is 25.3 Å². The van der Waals surface area contributed by atoms with Crippen molar-refractivity contribution in [2.24, 2.45) is 0 Å². The fraction of sp³-hybridized carbons (Fsp3) is 0.385. The third-order valence-corrected chi connectivity index (χ3v) is 2.37. The van der Waals surface area contributed by atoms with E-state index in [0.29, 0.717) is 6.04 Å². The highest BCUT2D eigenvalue weighted by atomic mass is 19.1. The first kappa shape index (κ1) is 11.9. The second-order valence-corrected chi connectivity index (χ2v) is 3.77. The SMILES string of the molecule is C=CCCC(C)NCc1ccc(F)cc1. The number of hydrogen-bond acceptors (Lipinski definition) is 1. The monoisotopic (exact) mass is 207 g/mol. The Morgan fingerprint density at radius 1 is 1.40 bits per heavy atom. The Labute approximate surface area is 91.0 Å². The summed E-state index contributed by atoms with van der Waals surface area (Å²) in [6, 6.07) is 7.06. The van der Waals surface area contributed by atoms with Gasteiger partial charge in [-0.05, 0) is 37.5 Å². The van der Waals surface area contributed by atoms with Crippen molar-refractivity contribution in [2.45, 2.75) is 32.4 Å². The van der Waals surface area contributed by atoms with E-state index in [1.165, 1.54) is 12.1 Å². The van der Waals surface area contributed by atoms with E-state index in [-0.39, 0.29) is 5.82 Å². The summed E-state index contributed by atoms with van der Waals surface area (Å²) in [5.41, 5.74) is 1.11. The van der Waals surface area contributed by atoms with E-state index in [1.54, 1.807) is 0 Å². The zero-order valence-corrected chi connectivity index (χ0v) is 9.17. The first-order chi connectivity index (χ1) is 7.22. The largest absolute Gasteiger partial charge is 0.310 e. The molecule has 0 amide bonds. The van der Waals surface area contributed by atoms with Gasteiger partial charge in [-0.2, -0.15) is 0 Å². The summed E-state index contributed by atoms with van der Waals surface area (Å²) in [4.78, 5) is 0. The molecule has 1 unspecified atom stereocenters. The van der Waals surface area contributed by atoms with E-state index in [9.17, 15) is 4.39 Å². The molecule has 0 aromatic heterocycles. The van der Waals surface area contributed by atoms with Crippen molar-refractivity contribution in [3.05, 3.63) is 48.3 Å². The number of halogens is 1. The second-order valence-electron chi connectivity index (χ2n) is 3.77. The molecule has 1 atom stereocenters. The van der Waals surface area contributed by atoms with E-state index in [2.05, 4.69) is 18.8 Å². The number of nitrogens with one attached hydrogen (secondary N) is 1. The molecule has 1 N–H and O–H groups in total. The number of hydrogen-bond donors (Lipinski definition) is 1. The lowest BCUT2D eigenvalue weighted by molar-refractivity contribution is 0.517. The Bertz CT molecular complexity index is 292. The maximum absolute atomic E-state index is 12.6. The minimum atomic E-state index is -0.182. The highest BCUT2D eigenvalue weighted by Crippen LogP contribution is 2.04. The lowest BCUT2D eigenvalue weighted by Gasteiger charge is -2.12. The van der Waals surface area contributed by atoms with Crippen LogP contribution in [0.25, 0.3) is 0 Å². The van der Waals surface area contributed by atoms with Gasteiger partial charge in [0, 0.05) is 12.6 Å². The Kier molecular flexibility index (Phi) is 5.05. The van der Waals surface area contributed by atoms with Gasteiger partial charge >= 0.3 is 0 Å². The van der Waals surface area contributed by atoms with Crippen LogP contribution >= 0.6 is 0 Å². The van der Waals surface area contributed by atoms with Crippen LogP contribution in [0.3, 0.4) is 0 Å².